The molecule has 1 aliphatic rings. The number of carbonyl (C=O) groups is 2. The van der Waals surface area contributed by atoms with Gasteiger partial charge in [-0.15, -0.1) is 0 Å². The lowest BCUT2D eigenvalue weighted by Gasteiger charge is -2.39. The summed E-state index contributed by atoms with van der Waals surface area (Å²) in [5.74, 6) is 0.621. The first-order valence-electron chi connectivity index (χ1n) is 10.9. The van der Waals surface area contributed by atoms with Gasteiger partial charge in [0.25, 0.3) is 5.91 Å². The van der Waals surface area contributed by atoms with Crippen LogP contribution in [-0.4, -0.2) is 49.5 Å². The van der Waals surface area contributed by atoms with E-state index < -0.39 is 0 Å². The van der Waals surface area contributed by atoms with Crippen molar-refractivity contribution < 1.29 is 14.3 Å². The molecule has 0 unspecified atom stereocenters. The molecule has 1 aliphatic heterocycles. The molecule has 6 nitrogen and oxygen atoms in total. The Labute approximate surface area is 195 Å². The van der Waals surface area contributed by atoms with E-state index >= 15 is 0 Å². The molecule has 1 N–H and O–H groups in total. The molecule has 172 valence electrons. The second-order valence-corrected chi connectivity index (χ2v) is 9.71. The Morgan fingerprint density at radius 2 is 1.72 bits per heavy atom. The molecule has 0 aliphatic carbocycles. The second kappa shape index (κ2) is 9.82. The number of amides is 2. The van der Waals surface area contributed by atoms with Gasteiger partial charge >= 0.3 is 0 Å². The smallest absolute Gasteiger partial charge is 0.262 e. The van der Waals surface area contributed by atoms with E-state index in [2.05, 4.69) is 10.2 Å². The zero-order valence-electron chi connectivity index (χ0n) is 19.5. The van der Waals surface area contributed by atoms with Crippen molar-refractivity contribution in [3.8, 4) is 5.75 Å². The van der Waals surface area contributed by atoms with Gasteiger partial charge in [-0.25, -0.2) is 0 Å². The van der Waals surface area contributed by atoms with Crippen LogP contribution in [-0.2, 0) is 9.59 Å². The Balaban J connectivity index is 1.55. The van der Waals surface area contributed by atoms with E-state index in [1.807, 2.05) is 69.9 Å². The van der Waals surface area contributed by atoms with E-state index in [1.165, 1.54) is 0 Å². The molecule has 0 radical (unpaired) electrons. The van der Waals surface area contributed by atoms with Gasteiger partial charge in [-0.05, 0) is 43.7 Å². The molecule has 2 aromatic carbocycles. The summed E-state index contributed by atoms with van der Waals surface area (Å²) in [5.41, 5.74) is 3.29. The largest absolute Gasteiger partial charge is 0.483 e. The molecular weight excluding hydrogens is 426 g/mol. The minimum absolute atomic E-state index is 0.0764. The molecule has 7 heteroatoms. The zero-order valence-corrected chi connectivity index (χ0v) is 20.3. The van der Waals surface area contributed by atoms with Gasteiger partial charge in [0.15, 0.2) is 6.61 Å². The first kappa shape index (κ1) is 23.9. The SMILES string of the molecule is Cc1ccc(OCC(=O)Nc2ccc(N3CCN(C(=O)C(C)(C)C)CC3)c(Cl)c2)c(C)c1. The van der Waals surface area contributed by atoms with Crippen molar-refractivity contribution in [3.05, 3.63) is 52.5 Å². The Kier molecular flexibility index (Phi) is 7.34. The van der Waals surface area contributed by atoms with Crippen molar-refractivity contribution in [1.29, 1.82) is 0 Å². The van der Waals surface area contributed by atoms with E-state index in [0.29, 0.717) is 29.5 Å². The van der Waals surface area contributed by atoms with Crippen LogP contribution < -0.4 is 15.0 Å². The van der Waals surface area contributed by atoms with Crippen LogP contribution in [0.1, 0.15) is 31.9 Å². The van der Waals surface area contributed by atoms with Crippen molar-refractivity contribution >= 4 is 34.8 Å². The van der Waals surface area contributed by atoms with E-state index in [1.54, 1.807) is 6.07 Å². The van der Waals surface area contributed by atoms with Crippen LogP contribution in [0.2, 0.25) is 5.02 Å². The van der Waals surface area contributed by atoms with Crippen LogP contribution in [0.5, 0.6) is 5.75 Å². The van der Waals surface area contributed by atoms with Crippen LogP contribution >= 0.6 is 11.6 Å². The lowest BCUT2D eigenvalue weighted by atomic mass is 9.94. The van der Waals surface area contributed by atoms with Crippen LogP contribution in [0.3, 0.4) is 0 Å². The first-order valence-corrected chi connectivity index (χ1v) is 11.3. The van der Waals surface area contributed by atoms with Crippen LogP contribution in [0.4, 0.5) is 11.4 Å². The normalized spacial score (nSPS) is 14.3. The van der Waals surface area contributed by atoms with Gasteiger partial charge < -0.3 is 19.9 Å². The van der Waals surface area contributed by atoms with Crippen molar-refractivity contribution in [2.45, 2.75) is 34.6 Å². The Bertz CT molecular complexity index is 992. The average Bonchev–Trinajstić information content (AvgIpc) is 2.72. The lowest BCUT2D eigenvalue weighted by molar-refractivity contribution is -0.139. The number of ether oxygens (including phenoxy) is 1. The quantitative estimate of drug-likeness (QED) is 0.708. The number of hydrogen-bond donors (Lipinski definition) is 1. The summed E-state index contributed by atoms with van der Waals surface area (Å²) in [6, 6.07) is 11.3. The molecule has 2 amide bonds. The molecule has 32 heavy (non-hydrogen) atoms. The average molecular weight is 458 g/mol. The number of hydrogen-bond acceptors (Lipinski definition) is 4. The highest BCUT2D eigenvalue weighted by Crippen LogP contribution is 2.30. The molecule has 0 atom stereocenters. The maximum absolute atomic E-state index is 12.5. The Morgan fingerprint density at radius 1 is 1.03 bits per heavy atom. The summed E-state index contributed by atoms with van der Waals surface area (Å²) >= 11 is 6.52. The fraction of sp³-hybridized carbons (Fsp3) is 0.440. The third-order valence-corrected chi connectivity index (χ3v) is 5.77. The van der Waals surface area contributed by atoms with Crippen LogP contribution in [0, 0.1) is 19.3 Å². The lowest BCUT2D eigenvalue weighted by Crippen LogP contribution is -2.51. The minimum Gasteiger partial charge on any atom is -0.483 e. The monoisotopic (exact) mass is 457 g/mol. The molecule has 1 heterocycles. The summed E-state index contributed by atoms with van der Waals surface area (Å²) in [4.78, 5) is 28.9. The fourth-order valence-corrected chi connectivity index (χ4v) is 4.07. The second-order valence-electron chi connectivity index (χ2n) is 9.30. The molecule has 0 aromatic heterocycles. The topological polar surface area (TPSA) is 61.9 Å². The summed E-state index contributed by atoms with van der Waals surface area (Å²) in [5, 5.41) is 3.40. The van der Waals surface area contributed by atoms with E-state index in [0.717, 1.165) is 29.9 Å². The van der Waals surface area contributed by atoms with Crippen LogP contribution in [0.15, 0.2) is 36.4 Å². The predicted octanol–water partition coefficient (Wildman–Crippen LogP) is 4.67. The Hall–Kier alpha value is -2.73. The number of piperazine rings is 1. The van der Waals surface area contributed by atoms with Gasteiger partial charge in [-0.2, -0.15) is 0 Å². The highest BCUT2D eigenvalue weighted by atomic mass is 35.5. The van der Waals surface area contributed by atoms with Crippen molar-refractivity contribution in [3.63, 3.8) is 0 Å². The fourth-order valence-electron chi connectivity index (χ4n) is 3.77. The number of halogens is 1. The number of benzene rings is 2. The molecule has 0 saturated carbocycles. The van der Waals surface area contributed by atoms with Gasteiger partial charge in [0.2, 0.25) is 5.91 Å². The molecule has 3 rings (SSSR count). The standard InChI is InChI=1S/C25H32ClN3O3/c1-17-6-9-22(18(2)14-17)32-16-23(30)27-19-7-8-21(20(26)15-19)28-10-12-29(13-11-28)24(31)25(3,4)5/h6-9,14-15H,10-13,16H2,1-5H3,(H,27,30). The van der Waals surface area contributed by atoms with E-state index in [-0.39, 0.29) is 23.8 Å². The van der Waals surface area contributed by atoms with Crippen molar-refractivity contribution in [1.82, 2.24) is 4.90 Å². The van der Waals surface area contributed by atoms with E-state index in [9.17, 15) is 9.59 Å². The number of aryl methyl sites for hydroxylation is 2. The zero-order chi connectivity index (χ0) is 23.5. The predicted molar refractivity (Wildman–Crippen MR) is 130 cm³/mol. The number of anilines is 2. The summed E-state index contributed by atoms with van der Waals surface area (Å²) < 4.78 is 5.64. The highest BCUT2D eigenvalue weighted by Gasteiger charge is 2.30. The number of nitrogens with zero attached hydrogens (tertiary/aromatic N) is 2. The van der Waals surface area contributed by atoms with Gasteiger partial charge in [-0.3, -0.25) is 9.59 Å². The maximum Gasteiger partial charge on any atom is 0.262 e. The highest BCUT2D eigenvalue weighted by molar-refractivity contribution is 6.33. The molecule has 1 fully saturated rings. The minimum atomic E-state index is -0.373. The number of carbonyl (C=O) groups excluding carboxylic acids is 2. The maximum atomic E-state index is 12.5. The Morgan fingerprint density at radius 3 is 2.31 bits per heavy atom. The van der Waals surface area contributed by atoms with Crippen molar-refractivity contribution in [2.75, 3.05) is 43.0 Å². The van der Waals surface area contributed by atoms with Crippen LogP contribution in [0.25, 0.3) is 0 Å². The van der Waals surface area contributed by atoms with E-state index in [4.69, 9.17) is 16.3 Å². The summed E-state index contributed by atoms with van der Waals surface area (Å²) in [6.07, 6.45) is 0. The molecule has 1 saturated heterocycles. The molecule has 0 bridgehead atoms. The van der Waals surface area contributed by atoms with Gasteiger partial charge in [0, 0.05) is 37.3 Å². The molecule has 2 aromatic rings. The number of rotatable bonds is 5. The third-order valence-electron chi connectivity index (χ3n) is 5.47. The third kappa shape index (κ3) is 5.94. The van der Waals surface area contributed by atoms with Gasteiger partial charge in [0.1, 0.15) is 5.75 Å². The van der Waals surface area contributed by atoms with Gasteiger partial charge in [0.05, 0.1) is 10.7 Å². The summed E-state index contributed by atoms with van der Waals surface area (Å²) in [6.45, 7) is 12.5. The van der Waals surface area contributed by atoms with Gasteiger partial charge in [-0.1, -0.05) is 50.1 Å². The molecule has 0 spiro atoms. The van der Waals surface area contributed by atoms with Crippen molar-refractivity contribution in [2.24, 2.45) is 5.41 Å². The molecular formula is C25H32ClN3O3. The summed E-state index contributed by atoms with van der Waals surface area (Å²) in [7, 11) is 0. The number of nitrogens with one attached hydrogen (secondary N) is 1. The first-order chi connectivity index (χ1) is 15.0.